The first kappa shape index (κ1) is 21.3. The van der Waals surface area contributed by atoms with Gasteiger partial charge in [-0.25, -0.2) is 4.39 Å². The molecule has 162 valence electrons. The summed E-state index contributed by atoms with van der Waals surface area (Å²) in [6, 6.07) is 5.99. The number of carbonyl (C=O) groups is 1. The Morgan fingerprint density at radius 1 is 1.23 bits per heavy atom. The predicted molar refractivity (Wildman–Crippen MR) is 114 cm³/mol. The number of phenols is 1. The summed E-state index contributed by atoms with van der Waals surface area (Å²) in [6.07, 6.45) is 0.533. The van der Waals surface area contributed by atoms with Crippen molar-refractivity contribution >= 4 is 32.8 Å². The summed E-state index contributed by atoms with van der Waals surface area (Å²) in [6.45, 7) is 0.719. The number of phenolic OH excluding ortho intramolecular Hbond substituents is 1. The minimum Gasteiger partial charge on any atom is -0.503 e. The molecule has 0 aliphatic carbocycles. The van der Waals surface area contributed by atoms with E-state index in [4.69, 9.17) is 13.9 Å². The van der Waals surface area contributed by atoms with Gasteiger partial charge in [-0.1, -0.05) is 0 Å². The van der Waals surface area contributed by atoms with E-state index < -0.39 is 23.2 Å². The Morgan fingerprint density at radius 3 is 2.71 bits per heavy atom. The van der Waals surface area contributed by atoms with Crippen molar-refractivity contribution in [1.82, 2.24) is 4.90 Å². The van der Waals surface area contributed by atoms with Crippen molar-refractivity contribution in [3.8, 4) is 11.5 Å². The highest BCUT2D eigenvalue weighted by Gasteiger charge is 2.43. The molecule has 1 aromatic heterocycles. The van der Waals surface area contributed by atoms with Crippen LogP contribution in [-0.4, -0.2) is 43.3 Å². The number of ether oxygens (including phenoxy) is 2. The molecule has 3 aromatic rings. The van der Waals surface area contributed by atoms with Crippen molar-refractivity contribution in [3.63, 3.8) is 0 Å². The number of carbonyl (C=O) groups excluding carboxylic acids is 1. The van der Waals surface area contributed by atoms with Crippen molar-refractivity contribution in [3.05, 3.63) is 67.7 Å². The minimum absolute atomic E-state index is 0.0556. The zero-order valence-corrected chi connectivity index (χ0v) is 18.4. The molecule has 1 aliphatic rings. The van der Waals surface area contributed by atoms with E-state index in [-0.39, 0.29) is 33.8 Å². The van der Waals surface area contributed by atoms with Gasteiger partial charge in [0.2, 0.25) is 5.76 Å². The highest BCUT2D eigenvalue weighted by atomic mass is 79.9. The summed E-state index contributed by atoms with van der Waals surface area (Å²) in [5.74, 6) is -1.02. The summed E-state index contributed by atoms with van der Waals surface area (Å²) in [5.41, 5.74) is 0.321. The van der Waals surface area contributed by atoms with Gasteiger partial charge in [-0.05, 0) is 58.2 Å². The number of amides is 1. The van der Waals surface area contributed by atoms with Crippen LogP contribution < -0.4 is 10.2 Å². The topological polar surface area (TPSA) is 89.2 Å². The molecule has 1 unspecified atom stereocenters. The Hall–Kier alpha value is -2.91. The molecule has 2 aromatic carbocycles. The van der Waals surface area contributed by atoms with Crippen LogP contribution in [0.3, 0.4) is 0 Å². The molecule has 4 rings (SSSR count). The van der Waals surface area contributed by atoms with Gasteiger partial charge in [0, 0.05) is 20.3 Å². The van der Waals surface area contributed by atoms with Crippen molar-refractivity contribution in [2.75, 3.05) is 27.4 Å². The maximum Gasteiger partial charge on any atom is 0.290 e. The van der Waals surface area contributed by atoms with E-state index in [1.165, 1.54) is 24.1 Å². The molecule has 0 fully saturated rings. The first-order valence-electron chi connectivity index (χ1n) is 9.50. The first-order chi connectivity index (χ1) is 14.9. The number of aromatic hydroxyl groups is 1. The van der Waals surface area contributed by atoms with Gasteiger partial charge in [-0.15, -0.1) is 0 Å². The molecule has 7 nitrogen and oxygen atoms in total. The summed E-state index contributed by atoms with van der Waals surface area (Å²) in [7, 11) is 2.96. The maximum atomic E-state index is 13.8. The van der Waals surface area contributed by atoms with E-state index in [2.05, 4.69) is 15.9 Å². The lowest BCUT2D eigenvalue weighted by molar-refractivity contribution is 0.0707. The molecule has 0 saturated heterocycles. The molecular weight excluding hydrogens is 473 g/mol. The van der Waals surface area contributed by atoms with Gasteiger partial charge >= 0.3 is 0 Å². The average molecular weight is 492 g/mol. The number of hydrogen-bond acceptors (Lipinski definition) is 6. The van der Waals surface area contributed by atoms with Crippen molar-refractivity contribution in [2.45, 2.75) is 12.5 Å². The third-order valence-corrected chi connectivity index (χ3v) is 5.87. The number of methoxy groups -OCH3 is 2. The van der Waals surface area contributed by atoms with Crippen LogP contribution in [0.4, 0.5) is 4.39 Å². The number of nitrogens with zero attached hydrogens (tertiary/aromatic N) is 1. The quantitative estimate of drug-likeness (QED) is 0.524. The SMILES string of the molecule is COCCCN1C(=O)c2oc3ccc(F)cc3c(=O)c2C1c1cc(Br)c(O)c(OC)c1. The molecule has 1 N–H and O–H groups in total. The van der Waals surface area contributed by atoms with Crippen LogP contribution in [-0.2, 0) is 4.74 Å². The Morgan fingerprint density at radius 2 is 2.00 bits per heavy atom. The second-order valence-corrected chi connectivity index (χ2v) is 7.97. The lowest BCUT2D eigenvalue weighted by Gasteiger charge is -2.25. The van der Waals surface area contributed by atoms with Gasteiger partial charge in [0.25, 0.3) is 5.91 Å². The normalized spacial score (nSPS) is 15.5. The summed E-state index contributed by atoms with van der Waals surface area (Å²) in [4.78, 5) is 28.1. The van der Waals surface area contributed by atoms with Crippen LogP contribution >= 0.6 is 15.9 Å². The van der Waals surface area contributed by atoms with Gasteiger partial charge in [-0.2, -0.15) is 0 Å². The fourth-order valence-electron chi connectivity index (χ4n) is 3.86. The first-order valence-corrected chi connectivity index (χ1v) is 10.3. The number of halogens is 2. The van der Waals surface area contributed by atoms with E-state index in [1.807, 2.05) is 0 Å². The fourth-order valence-corrected chi connectivity index (χ4v) is 4.32. The van der Waals surface area contributed by atoms with Gasteiger partial charge in [0.15, 0.2) is 16.9 Å². The predicted octanol–water partition coefficient (Wildman–Crippen LogP) is 3.99. The molecule has 2 heterocycles. The molecule has 9 heteroatoms. The smallest absolute Gasteiger partial charge is 0.290 e. The van der Waals surface area contributed by atoms with E-state index in [9.17, 15) is 19.1 Å². The second kappa shape index (κ2) is 8.32. The van der Waals surface area contributed by atoms with Crippen LogP contribution in [0, 0.1) is 5.82 Å². The number of hydrogen-bond donors (Lipinski definition) is 1. The fraction of sp³-hybridized carbons (Fsp3) is 0.273. The van der Waals surface area contributed by atoms with E-state index in [1.54, 1.807) is 19.2 Å². The van der Waals surface area contributed by atoms with Gasteiger partial charge in [0.1, 0.15) is 11.4 Å². The van der Waals surface area contributed by atoms with Gasteiger partial charge in [0.05, 0.1) is 28.6 Å². The summed E-state index contributed by atoms with van der Waals surface area (Å²) < 4.78 is 30.3. The maximum absolute atomic E-state index is 13.8. The molecule has 1 aliphatic heterocycles. The molecule has 31 heavy (non-hydrogen) atoms. The molecule has 1 amide bonds. The number of fused-ring (bicyclic) bond motifs is 2. The summed E-state index contributed by atoms with van der Waals surface area (Å²) in [5, 5.41) is 10.2. The van der Waals surface area contributed by atoms with Crippen LogP contribution in [0.5, 0.6) is 11.5 Å². The molecule has 0 bridgehead atoms. The monoisotopic (exact) mass is 491 g/mol. The summed E-state index contributed by atoms with van der Waals surface area (Å²) >= 11 is 3.29. The Balaban J connectivity index is 1.96. The van der Waals surface area contributed by atoms with E-state index in [0.29, 0.717) is 29.6 Å². The van der Waals surface area contributed by atoms with E-state index >= 15 is 0 Å². The lowest BCUT2D eigenvalue weighted by Crippen LogP contribution is -2.31. The Kier molecular flexibility index (Phi) is 5.72. The van der Waals surface area contributed by atoms with Crippen LogP contribution in [0.1, 0.15) is 34.1 Å². The van der Waals surface area contributed by atoms with Crippen LogP contribution in [0.2, 0.25) is 0 Å². The largest absolute Gasteiger partial charge is 0.503 e. The second-order valence-electron chi connectivity index (χ2n) is 7.12. The standard InChI is InChI=1S/C22H19BrFNO6/c1-29-7-3-6-25-18(11-8-14(23)20(27)16(9-11)30-2)17-19(26)13-10-12(24)4-5-15(13)31-21(17)22(25)28/h4-5,8-10,18,27H,3,6-7H2,1-2H3. The third-order valence-electron chi connectivity index (χ3n) is 5.26. The van der Waals surface area contributed by atoms with Crippen LogP contribution in [0.15, 0.2) is 44.0 Å². The lowest BCUT2D eigenvalue weighted by atomic mass is 9.98. The average Bonchev–Trinajstić information content (AvgIpc) is 3.03. The zero-order valence-electron chi connectivity index (χ0n) is 16.8. The minimum atomic E-state index is -0.797. The molecule has 0 radical (unpaired) electrons. The van der Waals surface area contributed by atoms with Gasteiger partial charge in [-0.3, -0.25) is 9.59 Å². The molecule has 1 atom stereocenters. The highest BCUT2D eigenvalue weighted by Crippen LogP contribution is 2.43. The van der Waals surface area contributed by atoms with Crippen LogP contribution in [0.25, 0.3) is 11.0 Å². The molecule has 0 spiro atoms. The molecular formula is C22H19BrFNO6. The Bertz CT molecular complexity index is 1240. The van der Waals surface area contributed by atoms with Crippen molar-refractivity contribution in [2.24, 2.45) is 0 Å². The van der Waals surface area contributed by atoms with Gasteiger partial charge < -0.3 is 23.9 Å². The van der Waals surface area contributed by atoms with Crippen molar-refractivity contribution < 1.29 is 28.2 Å². The highest BCUT2D eigenvalue weighted by molar-refractivity contribution is 9.10. The van der Waals surface area contributed by atoms with E-state index in [0.717, 1.165) is 6.07 Å². The Labute approximate surface area is 185 Å². The number of benzene rings is 2. The van der Waals surface area contributed by atoms with Crippen molar-refractivity contribution in [1.29, 1.82) is 0 Å². The molecule has 0 saturated carbocycles. The number of rotatable bonds is 6. The zero-order chi connectivity index (χ0) is 22.3. The third kappa shape index (κ3) is 3.57.